The second-order valence-electron chi connectivity index (χ2n) is 5.72. The van der Waals surface area contributed by atoms with E-state index in [1.165, 1.54) is 12.1 Å². The quantitative estimate of drug-likeness (QED) is 0.902. The van der Waals surface area contributed by atoms with Crippen LogP contribution in [0.5, 0.6) is 5.75 Å². The molecule has 0 spiro atoms. The van der Waals surface area contributed by atoms with Crippen LogP contribution in [0.4, 0.5) is 13.2 Å². The number of piperidine rings is 1. The summed E-state index contributed by atoms with van der Waals surface area (Å²) in [6.45, 7) is 2.10. The van der Waals surface area contributed by atoms with Gasteiger partial charge in [0.1, 0.15) is 5.75 Å². The van der Waals surface area contributed by atoms with Gasteiger partial charge in [0.2, 0.25) is 0 Å². The van der Waals surface area contributed by atoms with Crippen LogP contribution in [0.3, 0.4) is 0 Å². The van der Waals surface area contributed by atoms with Gasteiger partial charge in [-0.05, 0) is 56.6 Å². The van der Waals surface area contributed by atoms with Crippen molar-refractivity contribution in [2.75, 3.05) is 33.3 Å². The number of benzene rings is 1. The van der Waals surface area contributed by atoms with E-state index in [1.807, 2.05) is 7.05 Å². The van der Waals surface area contributed by atoms with Crippen molar-refractivity contribution in [1.29, 1.82) is 0 Å². The van der Waals surface area contributed by atoms with Crippen molar-refractivity contribution in [1.82, 2.24) is 10.2 Å². The van der Waals surface area contributed by atoms with Gasteiger partial charge >= 0.3 is 6.18 Å². The summed E-state index contributed by atoms with van der Waals surface area (Å²) in [5, 5.41) is 3.11. The number of likely N-dealkylation sites (tertiary alicyclic amines) is 1. The van der Waals surface area contributed by atoms with Crippen molar-refractivity contribution < 1.29 is 22.7 Å². The van der Waals surface area contributed by atoms with Crippen LogP contribution in [0.25, 0.3) is 0 Å². The standard InChI is InChI=1S/C16H21F3N2O2/c1-20-9-12-3-2-8-21(10-12)15(22)11-23-14-6-4-13(5-7-14)16(17,18)19/h4-7,12,20H,2-3,8-11H2,1H3. The molecule has 0 bridgehead atoms. The number of rotatable bonds is 5. The van der Waals surface area contributed by atoms with Gasteiger partial charge in [0.15, 0.2) is 6.61 Å². The number of nitrogens with one attached hydrogen (secondary N) is 1. The molecule has 7 heteroatoms. The summed E-state index contributed by atoms with van der Waals surface area (Å²) in [6, 6.07) is 4.36. The third-order valence-corrected chi connectivity index (χ3v) is 3.91. The van der Waals surface area contributed by atoms with Gasteiger partial charge in [-0.2, -0.15) is 13.2 Å². The summed E-state index contributed by atoms with van der Waals surface area (Å²) in [6.07, 6.45) is -2.33. The van der Waals surface area contributed by atoms with E-state index >= 15 is 0 Å². The third kappa shape index (κ3) is 5.13. The number of hydrogen-bond acceptors (Lipinski definition) is 3. The lowest BCUT2D eigenvalue weighted by Crippen LogP contribution is -2.44. The van der Waals surface area contributed by atoms with Gasteiger partial charge in [0.05, 0.1) is 5.56 Å². The van der Waals surface area contributed by atoms with Crippen LogP contribution in [-0.2, 0) is 11.0 Å². The number of halogens is 3. The number of hydrogen-bond donors (Lipinski definition) is 1. The van der Waals surface area contributed by atoms with Crippen molar-refractivity contribution in [3.63, 3.8) is 0 Å². The molecule has 128 valence electrons. The molecule has 1 heterocycles. The molecule has 1 aliphatic rings. The Morgan fingerprint density at radius 1 is 1.35 bits per heavy atom. The highest BCUT2D eigenvalue weighted by Crippen LogP contribution is 2.30. The first-order chi connectivity index (χ1) is 10.9. The van der Waals surface area contributed by atoms with Crippen molar-refractivity contribution >= 4 is 5.91 Å². The number of nitrogens with zero attached hydrogens (tertiary/aromatic N) is 1. The highest BCUT2D eigenvalue weighted by Gasteiger charge is 2.30. The topological polar surface area (TPSA) is 41.6 Å². The fourth-order valence-electron chi connectivity index (χ4n) is 2.72. The molecule has 0 aromatic heterocycles. The van der Waals surface area contributed by atoms with E-state index in [0.717, 1.165) is 31.5 Å². The van der Waals surface area contributed by atoms with E-state index in [-0.39, 0.29) is 18.3 Å². The van der Waals surface area contributed by atoms with Crippen LogP contribution >= 0.6 is 0 Å². The van der Waals surface area contributed by atoms with Crippen molar-refractivity contribution in [2.45, 2.75) is 19.0 Å². The average molecular weight is 330 g/mol. The molecule has 0 aliphatic carbocycles. The fourth-order valence-corrected chi connectivity index (χ4v) is 2.72. The maximum atomic E-state index is 12.5. The number of ether oxygens (including phenoxy) is 1. The molecule has 1 aliphatic heterocycles. The molecule has 1 fully saturated rings. The Kier molecular flexibility index (Phi) is 5.87. The first kappa shape index (κ1) is 17.6. The lowest BCUT2D eigenvalue weighted by atomic mass is 9.98. The fraction of sp³-hybridized carbons (Fsp3) is 0.562. The zero-order valence-electron chi connectivity index (χ0n) is 13.0. The maximum absolute atomic E-state index is 12.5. The zero-order valence-corrected chi connectivity index (χ0v) is 13.0. The summed E-state index contributed by atoms with van der Waals surface area (Å²) >= 11 is 0. The zero-order chi connectivity index (χ0) is 16.9. The Balaban J connectivity index is 1.84. The van der Waals surface area contributed by atoms with Crippen molar-refractivity contribution in [2.24, 2.45) is 5.92 Å². The first-order valence-electron chi connectivity index (χ1n) is 7.62. The van der Waals surface area contributed by atoms with E-state index in [2.05, 4.69) is 5.32 Å². The summed E-state index contributed by atoms with van der Waals surface area (Å²) in [7, 11) is 1.88. The highest BCUT2D eigenvalue weighted by molar-refractivity contribution is 5.77. The van der Waals surface area contributed by atoms with Crippen LogP contribution in [0.2, 0.25) is 0 Å². The second-order valence-corrected chi connectivity index (χ2v) is 5.72. The molecule has 1 unspecified atom stereocenters. The molecule has 23 heavy (non-hydrogen) atoms. The van der Waals surface area contributed by atoms with E-state index in [0.29, 0.717) is 19.0 Å². The Hall–Kier alpha value is -1.76. The molecule has 0 saturated carbocycles. The maximum Gasteiger partial charge on any atom is 0.416 e. The minimum absolute atomic E-state index is 0.134. The van der Waals surface area contributed by atoms with Crippen LogP contribution in [0, 0.1) is 5.92 Å². The van der Waals surface area contributed by atoms with Gasteiger partial charge in [-0.15, -0.1) is 0 Å². The number of amides is 1. The largest absolute Gasteiger partial charge is 0.484 e. The van der Waals surface area contributed by atoms with Gasteiger partial charge in [-0.25, -0.2) is 0 Å². The predicted octanol–water partition coefficient (Wildman–Crippen LogP) is 2.54. The molecule has 4 nitrogen and oxygen atoms in total. The SMILES string of the molecule is CNCC1CCCN(C(=O)COc2ccc(C(F)(F)F)cc2)C1. The third-order valence-electron chi connectivity index (χ3n) is 3.91. The van der Waals surface area contributed by atoms with Gasteiger partial charge < -0.3 is 15.0 Å². The van der Waals surface area contributed by atoms with E-state index in [4.69, 9.17) is 4.74 Å². The lowest BCUT2D eigenvalue weighted by molar-refractivity contribution is -0.138. The summed E-state index contributed by atoms with van der Waals surface area (Å²) in [5.74, 6) is 0.560. The predicted molar refractivity (Wildman–Crippen MR) is 80.2 cm³/mol. The van der Waals surface area contributed by atoms with Crippen LogP contribution in [-0.4, -0.2) is 44.1 Å². The number of carbonyl (C=O) groups excluding carboxylic acids is 1. The number of carbonyl (C=O) groups is 1. The molecule has 1 amide bonds. The monoisotopic (exact) mass is 330 g/mol. The minimum Gasteiger partial charge on any atom is -0.484 e. The van der Waals surface area contributed by atoms with Gasteiger partial charge in [-0.1, -0.05) is 0 Å². The molecule has 0 radical (unpaired) electrons. The Morgan fingerprint density at radius 3 is 2.65 bits per heavy atom. The highest BCUT2D eigenvalue weighted by atomic mass is 19.4. The average Bonchev–Trinajstić information content (AvgIpc) is 2.53. The van der Waals surface area contributed by atoms with E-state index < -0.39 is 11.7 Å². The second kappa shape index (κ2) is 7.68. The Bertz CT molecular complexity index is 515. The molecular weight excluding hydrogens is 309 g/mol. The van der Waals surface area contributed by atoms with Crippen molar-refractivity contribution in [3.8, 4) is 5.75 Å². The smallest absolute Gasteiger partial charge is 0.416 e. The normalized spacial score (nSPS) is 18.8. The Labute approximate surface area is 133 Å². The molecule has 1 aromatic carbocycles. The number of alkyl halides is 3. The summed E-state index contributed by atoms with van der Waals surface area (Å²) < 4.78 is 42.7. The molecule has 2 rings (SSSR count). The van der Waals surface area contributed by atoms with E-state index in [1.54, 1.807) is 4.90 Å². The van der Waals surface area contributed by atoms with Gasteiger partial charge in [-0.3, -0.25) is 4.79 Å². The molecule has 1 aromatic rings. The summed E-state index contributed by atoms with van der Waals surface area (Å²) in [5.41, 5.74) is -0.734. The lowest BCUT2D eigenvalue weighted by Gasteiger charge is -2.32. The van der Waals surface area contributed by atoms with Crippen LogP contribution in [0.1, 0.15) is 18.4 Å². The van der Waals surface area contributed by atoms with Crippen LogP contribution < -0.4 is 10.1 Å². The Morgan fingerprint density at radius 2 is 2.04 bits per heavy atom. The van der Waals surface area contributed by atoms with Crippen molar-refractivity contribution in [3.05, 3.63) is 29.8 Å². The van der Waals surface area contributed by atoms with Gasteiger partial charge in [0.25, 0.3) is 5.91 Å². The van der Waals surface area contributed by atoms with Gasteiger partial charge in [0, 0.05) is 13.1 Å². The minimum atomic E-state index is -4.37. The first-order valence-corrected chi connectivity index (χ1v) is 7.62. The van der Waals surface area contributed by atoms with E-state index in [9.17, 15) is 18.0 Å². The molecular formula is C16H21F3N2O2. The summed E-state index contributed by atoms with van der Waals surface area (Å²) in [4.78, 5) is 13.9. The molecule has 1 atom stereocenters. The molecule has 1 N–H and O–H groups in total. The van der Waals surface area contributed by atoms with Crippen LogP contribution in [0.15, 0.2) is 24.3 Å². The molecule has 1 saturated heterocycles.